The number of fused-ring (bicyclic) bond motifs is 1. The van der Waals surface area contributed by atoms with Gasteiger partial charge in [-0.15, -0.1) is 11.3 Å². The topological polar surface area (TPSA) is 72.2 Å². The van der Waals surface area contributed by atoms with Crippen LogP contribution in [0, 0.1) is 13.8 Å². The van der Waals surface area contributed by atoms with Crippen molar-refractivity contribution in [2.75, 3.05) is 5.32 Å². The summed E-state index contributed by atoms with van der Waals surface area (Å²) in [6.07, 6.45) is 7.14. The Morgan fingerprint density at radius 1 is 1.19 bits per heavy atom. The van der Waals surface area contributed by atoms with Crippen molar-refractivity contribution >= 4 is 45.8 Å². The van der Waals surface area contributed by atoms with Crippen molar-refractivity contribution in [2.24, 2.45) is 5.73 Å². The molecule has 0 radical (unpaired) electrons. The van der Waals surface area contributed by atoms with Crippen molar-refractivity contribution in [2.45, 2.75) is 39.5 Å². The van der Waals surface area contributed by atoms with E-state index in [1.165, 1.54) is 17.4 Å². The number of rotatable bonds is 4. The number of hydrogen-bond donors (Lipinski definition) is 2. The van der Waals surface area contributed by atoms with Gasteiger partial charge in [0, 0.05) is 16.0 Å². The molecule has 0 fully saturated rings. The van der Waals surface area contributed by atoms with E-state index in [0.717, 1.165) is 57.8 Å². The maximum absolute atomic E-state index is 12.3. The Bertz CT molecular complexity index is 892. The fourth-order valence-electron chi connectivity index (χ4n) is 3.32. The number of amides is 2. The van der Waals surface area contributed by atoms with E-state index < -0.39 is 5.91 Å². The van der Waals surface area contributed by atoms with E-state index >= 15 is 0 Å². The second kappa shape index (κ2) is 7.64. The van der Waals surface area contributed by atoms with Crippen LogP contribution in [-0.2, 0) is 17.6 Å². The van der Waals surface area contributed by atoms with E-state index in [1.807, 2.05) is 26.0 Å². The van der Waals surface area contributed by atoms with Gasteiger partial charge in [-0.3, -0.25) is 9.59 Å². The minimum Gasteiger partial charge on any atom is -0.365 e. The number of hydrogen-bond acceptors (Lipinski definition) is 3. The molecule has 26 heavy (non-hydrogen) atoms. The number of primary amides is 1. The van der Waals surface area contributed by atoms with Gasteiger partial charge in [0.15, 0.2) is 0 Å². The van der Waals surface area contributed by atoms with E-state index in [9.17, 15) is 9.59 Å². The van der Waals surface area contributed by atoms with Gasteiger partial charge in [-0.1, -0.05) is 23.7 Å². The quantitative estimate of drug-likeness (QED) is 0.748. The van der Waals surface area contributed by atoms with Gasteiger partial charge < -0.3 is 11.1 Å². The molecule has 2 amide bonds. The van der Waals surface area contributed by atoms with Gasteiger partial charge >= 0.3 is 0 Å². The highest BCUT2D eigenvalue weighted by Crippen LogP contribution is 2.37. The van der Waals surface area contributed by atoms with E-state index in [1.54, 1.807) is 6.08 Å². The van der Waals surface area contributed by atoms with Crippen molar-refractivity contribution in [3.05, 3.63) is 55.9 Å². The molecular weight excluding hydrogens is 368 g/mol. The number of thiophene rings is 1. The molecule has 2 aromatic rings. The van der Waals surface area contributed by atoms with E-state index in [2.05, 4.69) is 5.32 Å². The number of nitrogens with two attached hydrogens (primary N) is 1. The molecular formula is C20H21ClN2O2S. The predicted molar refractivity (Wildman–Crippen MR) is 108 cm³/mol. The highest BCUT2D eigenvalue weighted by molar-refractivity contribution is 7.17. The van der Waals surface area contributed by atoms with E-state index in [-0.39, 0.29) is 5.91 Å². The maximum Gasteiger partial charge on any atom is 0.251 e. The molecule has 0 unspecified atom stereocenters. The number of halogens is 1. The van der Waals surface area contributed by atoms with Crippen LogP contribution >= 0.6 is 22.9 Å². The number of carbonyl (C=O) groups is 2. The molecule has 1 aromatic carbocycles. The molecule has 3 rings (SSSR count). The van der Waals surface area contributed by atoms with Gasteiger partial charge in [0.1, 0.15) is 5.00 Å². The van der Waals surface area contributed by atoms with Gasteiger partial charge in [0.25, 0.3) is 5.91 Å². The molecule has 1 aliphatic rings. The monoisotopic (exact) mass is 388 g/mol. The molecule has 136 valence electrons. The van der Waals surface area contributed by atoms with Crippen LogP contribution in [0.15, 0.2) is 18.2 Å². The van der Waals surface area contributed by atoms with Crippen LogP contribution in [0.5, 0.6) is 0 Å². The molecule has 0 bridgehead atoms. The Kier molecular flexibility index (Phi) is 5.49. The molecule has 0 saturated heterocycles. The SMILES string of the molecule is Cc1cc(/C=C/C(=O)Nc2sc3c(c2C(N)=O)CCCC3)cc(C)c1Cl. The van der Waals surface area contributed by atoms with Crippen LogP contribution in [-0.4, -0.2) is 11.8 Å². The van der Waals surface area contributed by atoms with Crippen LogP contribution in [0.1, 0.15) is 50.3 Å². The second-order valence-corrected chi connectivity index (χ2v) is 8.05. The zero-order valence-corrected chi connectivity index (χ0v) is 16.4. The van der Waals surface area contributed by atoms with Crippen molar-refractivity contribution in [3.63, 3.8) is 0 Å². The first-order valence-corrected chi connectivity index (χ1v) is 9.76. The lowest BCUT2D eigenvalue weighted by Gasteiger charge is -2.11. The lowest BCUT2D eigenvalue weighted by atomic mass is 9.95. The molecule has 0 spiro atoms. The first-order valence-electron chi connectivity index (χ1n) is 8.57. The predicted octanol–water partition coefficient (Wildman–Crippen LogP) is 4.65. The summed E-state index contributed by atoms with van der Waals surface area (Å²) in [7, 11) is 0. The summed E-state index contributed by atoms with van der Waals surface area (Å²) in [6, 6.07) is 3.86. The van der Waals surface area contributed by atoms with Crippen LogP contribution in [0.4, 0.5) is 5.00 Å². The van der Waals surface area contributed by atoms with Crippen molar-refractivity contribution in [3.8, 4) is 0 Å². The summed E-state index contributed by atoms with van der Waals surface area (Å²) in [5.41, 5.74) is 9.88. The fourth-order valence-corrected chi connectivity index (χ4v) is 4.72. The summed E-state index contributed by atoms with van der Waals surface area (Å²) in [5, 5.41) is 4.12. The van der Waals surface area contributed by atoms with Crippen molar-refractivity contribution < 1.29 is 9.59 Å². The summed E-state index contributed by atoms with van der Waals surface area (Å²) in [6.45, 7) is 3.87. The average molecular weight is 389 g/mol. The highest BCUT2D eigenvalue weighted by atomic mass is 35.5. The number of aryl methyl sites for hydroxylation is 3. The summed E-state index contributed by atoms with van der Waals surface area (Å²) < 4.78 is 0. The van der Waals surface area contributed by atoms with Crippen LogP contribution in [0.25, 0.3) is 6.08 Å². The van der Waals surface area contributed by atoms with Gasteiger partial charge in [0.05, 0.1) is 5.56 Å². The standard InChI is InChI=1S/C20H21ClN2O2S/c1-11-9-13(10-12(2)18(11)21)7-8-16(24)23-20-17(19(22)25)14-5-3-4-6-15(14)26-20/h7-10H,3-6H2,1-2H3,(H2,22,25)(H,23,24)/b8-7+. The van der Waals surface area contributed by atoms with Crippen LogP contribution in [0.3, 0.4) is 0 Å². The minimum atomic E-state index is -0.479. The minimum absolute atomic E-state index is 0.281. The molecule has 4 nitrogen and oxygen atoms in total. The van der Waals surface area contributed by atoms with Crippen LogP contribution < -0.4 is 11.1 Å². The zero-order valence-electron chi connectivity index (χ0n) is 14.8. The number of anilines is 1. The Morgan fingerprint density at radius 2 is 1.85 bits per heavy atom. The van der Waals surface area contributed by atoms with Crippen LogP contribution in [0.2, 0.25) is 5.02 Å². The number of benzene rings is 1. The zero-order chi connectivity index (χ0) is 18.8. The Balaban J connectivity index is 1.80. The molecule has 0 atom stereocenters. The van der Waals surface area contributed by atoms with E-state index in [0.29, 0.717) is 10.6 Å². The average Bonchev–Trinajstić information content (AvgIpc) is 2.95. The van der Waals surface area contributed by atoms with Gasteiger partial charge in [0.2, 0.25) is 5.91 Å². The van der Waals surface area contributed by atoms with Crippen molar-refractivity contribution in [1.82, 2.24) is 0 Å². The molecule has 3 N–H and O–H groups in total. The Hall–Kier alpha value is -2.11. The first kappa shape index (κ1) is 18.7. The molecule has 1 aromatic heterocycles. The summed E-state index contributed by atoms with van der Waals surface area (Å²) in [5.74, 6) is -0.760. The van der Waals surface area contributed by atoms with Crippen molar-refractivity contribution in [1.29, 1.82) is 0 Å². The lowest BCUT2D eigenvalue weighted by Crippen LogP contribution is -2.17. The van der Waals surface area contributed by atoms with Gasteiger partial charge in [-0.25, -0.2) is 0 Å². The lowest BCUT2D eigenvalue weighted by molar-refractivity contribution is -0.111. The number of carbonyl (C=O) groups excluding carboxylic acids is 2. The normalized spacial score (nSPS) is 13.7. The summed E-state index contributed by atoms with van der Waals surface area (Å²) in [4.78, 5) is 25.4. The number of nitrogens with one attached hydrogen (secondary N) is 1. The van der Waals surface area contributed by atoms with Gasteiger partial charge in [-0.2, -0.15) is 0 Å². The molecule has 6 heteroatoms. The van der Waals surface area contributed by atoms with E-state index in [4.69, 9.17) is 17.3 Å². The first-order chi connectivity index (χ1) is 12.4. The molecule has 0 saturated carbocycles. The second-order valence-electron chi connectivity index (χ2n) is 6.57. The smallest absolute Gasteiger partial charge is 0.251 e. The Labute approximate surface area is 162 Å². The third-order valence-corrected chi connectivity index (χ3v) is 6.34. The highest BCUT2D eigenvalue weighted by Gasteiger charge is 2.24. The summed E-state index contributed by atoms with van der Waals surface area (Å²) >= 11 is 7.63. The third kappa shape index (κ3) is 3.84. The van der Waals surface area contributed by atoms with Gasteiger partial charge in [-0.05, 0) is 67.9 Å². The third-order valence-electron chi connectivity index (χ3n) is 4.54. The fraction of sp³-hybridized carbons (Fsp3) is 0.300. The maximum atomic E-state index is 12.3. The molecule has 1 aliphatic carbocycles. The molecule has 1 heterocycles. The largest absolute Gasteiger partial charge is 0.365 e. The molecule has 0 aliphatic heterocycles. The Morgan fingerprint density at radius 3 is 2.50 bits per heavy atom.